The normalized spacial score (nSPS) is 13.0. The molecule has 0 amide bonds. The van der Waals surface area contributed by atoms with E-state index in [4.69, 9.17) is 23.5 Å². The number of aromatic nitrogens is 3. The molecule has 0 aliphatic heterocycles. The molecule has 2 aromatic heterocycles. The Labute approximate surface area is 292 Å². The maximum Gasteiger partial charge on any atom is 0.164 e. The molecular formula is C45H29N3O. The Morgan fingerprint density at radius 1 is 0.408 bits per heavy atom. The summed E-state index contributed by atoms with van der Waals surface area (Å²) in [5.41, 5.74) is 5.84. The lowest BCUT2D eigenvalue weighted by molar-refractivity contribution is 0.669. The fourth-order valence-corrected chi connectivity index (χ4v) is 6.13. The number of hydrogen-bond acceptors (Lipinski definition) is 4. The van der Waals surface area contributed by atoms with Gasteiger partial charge in [-0.25, -0.2) is 15.0 Å². The second kappa shape index (κ2) is 12.2. The Balaban J connectivity index is 1.31. The molecule has 9 rings (SSSR count). The van der Waals surface area contributed by atoms with Crippen molar-refractivity contribution in [2.75, 3.05) is 0 Å². The number of rotatable bonds is 6. The lowest BCUT2D eigenvalue weighted by atomic mass is 9.96. The van der Waals surface area contributed by atoms with Gasteiger partial charge in [0.15, 0.2) is 17.5 Å². The summed E-state index contributed by atoms with van der Waals surface area (Å²) in [7, 11) is 0. The minimum atomic E-state index is -0.345. The highest BCUT2D eigenvalue weighted by Crippen LogP contribution is 2.39. The Hall–Kier alpha value is -6.65. The summed E-state index contributed by atoms with van der Waals surface area (Å²) in [5.74, 6) is 0.664. The molecule has 0 atom stereocenters. The summed E-state index contributed by atoms with van der Waals surface area (Å²) >= 11 is 0. The summed E-state index contributed by atoms with van der Waals surface area (Å²) in [6.45, 7) is 0. The number of fused-ring (bicyclic) bond motifs is 3. The molecule has 230 valence electrons. The van der Waals surface area contributed by atoms with E-state index in [1.165, 1.54) is 0 Å². The van der Waals surface area contributed by atoms with E-state index in [1.54, 1.807) is 0 Å². The largest absolute Gasteiger partial charge is 0.456 e. The first-order valence-electron chi connectivity index (χ1n) is 18.9. The van der Waals surface area contributed by atoms with Crippen LogP contribution in [0.4, 0.5) is 0 Å². The van der Waals surface area contributed by atoms with Crippen molar-refractivity contribution < 1.29 is 12.6 Å². The first-order chi connectivity index (χ1) is 26.8. The number of furan rings is 1. The van der Waals surface area contributed by atoms with Gasteiger partial charge in [0.05, 0.1) is 8.22 Å². The molecule has 0 N–H and O–H groups in total. The summed E-state index contributed by atoms with van der Waals surface area (Å²) in [5, 5.41) is 0.353. The van der Waals surface area contributed by atoms with Gasteiger partial charge < -0.3 is 4.42 Å². The van der Waals surface area contributed by atoms with Gasteiger partial charge in [0.25, 0.3) is 0 Å². The Morgan fingerprint density at radius 2 is 1.00 bits per heavy atom. The summed E-state index contributed by atoms with van der Waals surface area (Å²) < 4.78 is 61.2. The maximum atomic E-state index is 9.52. The predicted octanol–water partition coefficient (Wildman–Crippen LogP) is 11.8. The molecule has 49 heavy (non-hydrogen) atoms. The highest BCUT2D eigenvalue weighted by Gasteiger charge is 2.18. The van der Waals surface area contributed by atoms with Crippen LogP contribution in [-0.4, -0.2) is 15.0 Å². The minimum Gasteiger partial charge on any atom is -0.456 e. The van der Waals surface area contributed by atoms with Gasteiger partial charge in [0, 0.05) is 27.5 Å². The van der Waals surface area contributed by atoms with Crippen LogP contribution < -0.4 is 0 Å². The Morgan fingerprint density at radius 3 is 1.76 bits per heavy atom. The van der Waals surface area contributed by atoms with Crippen molar-refractivity contribution in [3.8, 4) is 67.5 Å². The molecule has 0 radical (unpaired) electrons. The van der Waals surface area contributed by atoms with Crippen LogP contribution in [0.5, 0.6) is 0 Å². The van der Waals surface area contributed by atoms with Crippen LogP contribution in [0.15, 0.2) is 180 Å². The standard InChI is InChI=1S/C45H29N3O/c1-4-14-30(15-5-1)33-20-12-21-34(28-33)37-24-13-25-40-42(37)39-27-26-35(29-41(39)49-40)44-46-43(32-18-8-3-9-19-32)47-45(48-44)38-23-11-10-22-36(38)31-16-6-2-7-17-31/h1-29H/i13D,24D,25D,26D,27D,29D. The fourth-order valence-electron chi connectivity index (χ4n) is 6.13. The van der Waals surface area contributed by atoms with Crippen molar-refractivity contribution in [3.05, 3.63) is 176 Å². The highest BCUT2D eigenvalue weighted by atomic mass is 16.3. The molecule has 2 heterocycles. The summed E-state index contributed by atoms with van der Waals surface area (Å²) in [4.78, 5) is 14.6. The average Bonchev–Trinajstić information content (AvgIpc) is 3.64. The molecule has 9 aromatic rings. The zero-order chi connectivity index (χ0) is 37.8. The van der Waals surface area contributed by atoms with Crippen LogP contribution >= 0.6 is 0 Å². The molecule has 0 saturated carbocycles. The summed E-state index contributed by atoms with van der Waals surface area (Å²) in [6, 6.07) is 42.5. The molecule has 0 aliphatic rings. The van der Waals surface area contributed by atoms with E-state index in [0.29, 0.717) is 28.3 Å². The van der Waals surface area contributed by atoms with Crippen LogP contribution in [-0.2, 0) is 0 Å². The Kier molecular flexibility index (Phi) is 5.67. The SMILES string of the molecule is [2H]c1c([2H])c(-c2cccc(-c3ccccc3)c2)c2c(oc3c([2H])c(-c4nc(-c5ccccc5)nc(-c5ccccc5-c5ccccc5)n4)c([2H])c([2H])c32)c1[2H]. The first kappa shape index (κ1) is 22.8. The van der Waals surface area contributed by atoms with Crippen molar-refractivity contribution in [2.45, 2.75) is 0 Å². The van der Waals surface area contributed by atoms with Gasteiger partial charge in [-0.2, -0.15) is 0 Å². The zero-order valence-electron chi connectivity index (χ0n) is 32.0. The first-order valence-corrected chi connectivity index (χ1v) is 15.9. The maximum absolute atomic E-state index is 9.52. The third-order valence-electron chi connectivity index (χ3n) is 8.47. The van der Waals surface area contributed by atoms with E-state index in [2.05, 4.69) is 0 Å². The van der Waals surface area contributed by atoms with E-state index in [0.717, 1.165) is 27.8 Å². The number of benzene rings is 7. The van der Waals surface area contributed by atoms with Crippen LogP contribution in [0, 0.1) is 0 Å². The van der Waals surface area contributed by atoms with Gasteiger partial charge in [-0.1, -0.05) is 152 Å². The molecule has 0 spiro atoms. The predicted molar refractivity (Wildman–Crippen MR) is 200 cm³/mol. The number of nitrogens with zero attached hydrogens (tertiary/aromatic N) is 3. The third-order valence-corrected chi connectivity index (χ3v) is 8.47. The van der Waals surface area contributed by atoms with E-state index in [9.17, 15) is 4.11 Å². The molecule has 0 aliphatic carbocycles. The molecular weight excluding hydrogens is 599 g/mol. The van der Waals surface area contributed by atoms with Crippen molar-refractivity contribution in [1.29, 1.82) is 0 Å². The fraction of sp³-hybridized carbons (Fsp3) is 0. The molecule has 0 saturated heterocycles. The lowest BCUT2D eigenvalue weighted by Gasteiger charge is -2.12. The molecule has 4 heteroatoms. The topological polar surface area (TPSA) is 51.8 Å². The highest BCUT2D eigenvalue weighted by molar-refractivity contribution is 6.13. The molecule has 0 unspecified atom stereocenters. The summed E-state index contributed by atoms with van der Waals surface area (Å²) in [6.07, 6.45) is 0. The van der Waals surface area contributed by atoms with Crippen LogP contribution in [0.1, 0.15) is 8.22 Å². The quantitative estimate of drug-likeness (QED) is 0.183. The van der Waals surface area contributed by atoms with E-state index in [-0.39, 0.29) is 69.6 Å². The van der Waals surface area contributed by atoms with Crippen molar-refractivity contribution in [2.24, 2.45) is 0 Å². The van der Waals surface area contributed by atoms with Gasteiger partial charge in [0.1, 0.15) is 11.2 Å². The van der Waals surface area contributed by atoms with Gasteiger partial charge in [-0.05, 0) is 57.6 Å². The minimum absolute atomic E-state index is 0.0156. The van der Waals surface area contributed by atoms with Crippen LogP contribution in [0.25, 0.3) is 89.5 Å². The second-order valence-electron chi connectivity index (χ2n) is 11.5. The van der Waals surface area contributed by atoms with Crippen molar-refractivity contribution in [1.82, 2.24) is 15.0 Å². The molecule has 7 aromatic carbocycles. The lowest BCUT2D eigenvalue weighted by Crippen LogP contribution is -2.01. The second-order valence-corrected chi connectivity index (χ2v) is 11.5. The molecule has 4 nitrogen and oxygen atoms in total. The van der Waals surface area contributed by atoms with Gasteiger partial charge in [-0.3, -0.25) is 0 Å². The van der Waals surface area contributed by atoms with Crippen molar-refractivity contribution >= 4 is 21.9 Å². The zero-order valence-corrected chi connectivity index (χ0v) is 26.0. The van der Waals surface area contributed by atoms with E-state index in [1.807, 2.05) is 140 Å². The van der Waals surface area contributed by atoms with Gasteiger partial charge in [-0.15, -0.1) is 0 Å². The molecule has 0 bridgehead atoms. The molecule has 0 fully saturated rings. The van der Waals surface area contributed by atoms with Crippen molar-refractivity contribution in [3.63, 3.8) is 0 Å². The van der Waals surface area contributed by atoms with Crippen LogP contribution in [0.2, 0.25) is 0 Å². The third kappa shape index (κ3) is 5.35. The monoisotopic (exact) mass is 633 g/mol. The van der Waals surface area contributed by atoms with E-state index >= 15 is 0 Å². The average molecular weight is 634 g/mol. The van der Waals surface area contributed by atoms with E-state index < -0.39 is 0 Å². The Bertz CT molecular complexity index is 2940. The van der Waals surface area contributed by atoms with Gasteiger partial charge in [0.2, 0.25) is 0 Å². The smallest absolute Gasteiger partial charge is 0.164 e. The van der Waals surface area contributed by atoms with Gasteiger partial charge >= 0.3 is 0 Å². The van der Waals surface area contributed by atoms with Crippen LogP contribution in [0.3, 0.4) is 0 Å². The number of hydrogen-bond donors (Lipinski definition) is 0.